The molecule has 1 unspecified atom stereocenters. The highest BCUT2D eigenvalue weighted by Gasteiger charge is 2.25. The van der Waals surface area contributed by atoms with Crippen molar-refractivity contribution in [2.75, 3.05) is 13.1 Å². The molecular formula is C24H27N5O3. The number of fused-ring (bicyclic) bond motifs is 1. The van der Waals surface area contributed by atoms with Gasteiger partial charge in [0.2, 0.25) is 0 Å². The molecule has 0 saturated carbocycles. The fourth-order valence-corrected chi connectivity index (χ4v) is 4.13. The van der Waals surface area contributed by atoms with Gasteiger partial charge in [0.05, 0.1) is 18.3 Å². The van der Waals surface area contributed by atoms with Crippen LogP contribution in [-0.2, 0) is 11.2 Å². The monoisotopic (exact) mass is 433 g/mol. The van der Waals surface area contributed by atoms with Crippen molar-refractivity contribution < 1.29 is 14.6 Å². The number of nitrogens with one attached hydrogen (secondary N) is 3. The van der Waals surface area contributed by atoms with E-state index in [0.717, 1.165) is 29.6 Å². The van der Waals surface area contributed by atoms with Gasteiger partial charge >= 0.3 is 5.97 Å². The zero-order valence-corrected chi connectivity index (χ0v) is 17.9. The number of nitrogens with zero attached hydrogens (tertiary/aromatic N) is 1. The fraction of sp³-hybridized carbons (Fsp3) is 0.292. The van der Waals surface area contributed by atoms with Gasteiger partial charge in [-0.3, -0.25) is 15.6 Å². The second kappa shape index (κ2) is 8.74. The fourth-order valence-electron chi connectivity index (χ4n) is 4.13. The summed E-state index contributed by atoms with van der Waals surface area (Å²) in [6.07, 6.45) is 1.21. The third kappa shape index (κ3) is 4.59. The summed E-state index contributed by atoms with van der Waals surface area (Å²) in [6.45, 7) is 3.29. The van der Waals surface area contributed by atoms with E-state index in [1.807, 2.05) is 29.2 Å². The highest BCUT2D eigenvalue weighted by atomic mass is 16.5. The van der Waals surface area contributed by atoms with Gasteiger partial charge in [0.25, 0.3) is 0 Å². The van der Waals surface area contributed by atoms with E-state index in [1.54, 1.807) is 31.2 Å². The van der Waals surface area contributed by atoms with Crippen molar-refractivity contribution in [3.05, 3.63) is 65.4 Å². The number of carboxylic acids is 1. The van der Waals surface area contributed by atoms with E-state index in [0.29, 0.717) is 35.7 Å². The van der Waals surface area contributed by atoms with E-state index >= 15 is 0 Å². The van der Waals surface area contributed by atoms with E-state index in [2.05, 4.69) is 4.98 Å². The first-order chi connectivity index (χ1) is 15.3. The van der Waals surface area contributed by atoms with E-state index < -0.39 is 11.9 Å². The smallest absolute Gasteiger partial charge is 0.311 e. The number of hydrogen-bond acceptors (Lipinski definition) is 4. The number of rotatable bonds is 7. The first kappa shape index (κ1) is 21.4. The highest BCUT2D eigenvalue weighted by Crippen LogP contribution is 2.27. The molecule has 1 aliphatic rings. The lowest BCUT2D eigenvalue weighted by atomic mass is 9.94. The second-order valence-electron chi connectivity index (χ2n) is 8.23. The van der Waals surface area contributed by atoms with Crippen LogP contribution >= 0.6 is 0 Å². The molecule has 166 valence electrons. The molecule has 2 heterocycles. The molecule has 8 heteroatoms. The number of benzene rings is 2. The topological polar surface area (TPSA) is 139 Å². The average molecular weight is 434 g/mol. The van der Waals surface area contributed by atoms with E-state index in [-0.39, 0.29) is 11.9 Å². The van der Waals surface area contributed by atoms with Crippen molar-refractivity contribution in [1.82, 2.24) is 9.88 Å². The SMILES string of the molecule is CC(=N)N1CC[C@@H](Oc2ccc(C(Cc3cc4ccc(C(=N)N)cc4[nH]3)C(=O)O)cc2)C1. The van der Waals surface area contributed by atoms with Crippen molar-refractivity contribution in [2.24, 2.45) is 5.73 Å². The zero-order valence-electron chi connectivity index (χ0n) is 17.9. The minimum Gasteiger partial charge on any atom is -0.489 e. The Kier molecular flexibility index (Phi) is 5.85. The summed E-state index contributed by atoms with van der Waals surface area (Å²) in [6, 6.07) is 14.6. The molecule has 2 aromatic carbocycles. The molecule has 1 aliphatic heterocycles. The van der Waals surface area contributed by atoms with Crippen molar-refractivity contribution in [1.29, 1.82) is 10.8 Å². The summed E-state index contributed by atoms with van der Waals surface area (Å²) in [5.74, 6) is -0.353. The van der Waals surface area contributed by atoms with E-state index in [4.69, 9.17) is 21.3 Å². The van der Waals surface area contributed by atoms with Gasteiger partial charge in [0, 0.05) is 36.2 Å². The number of amidine groups is 2. The van der Waals surface area contributed by atoms with Crippen molar-refractivity contribution in [3.63, 3.8) is 0 Å². The molecule has 0 amide bonds. The number of aliphatic carboxylic acids is 1. The minimum absolute atomic E-state index is 0.00737. The van der Waals surface area contributed by atoms with Crippen LogP contribution in [-0.4, -0.2) is 51.8 Å². The Morgan fingerprint density at radius 1 is 1.25 bits per heavy atom. The van der Waals surface area contributed by atoms with Crippen molar-refractivity contribution in [2.45, 2.75) is 31.8 Å². The lowest BCUT2D eigenvalue weighted by Crippen LogP contribution is -2.28. The number of nitrogen functional groups attached to an aromatic ring is 1. The van der Waals surface area contributed by atoms with Crippen LogP contribution in [0.25, 0.3) is 10.9 Å². The van der Waals surface area contributed by atoms with Gasteiger partial charge < -0.3 is 25.5 Å². The number of hydrogen-bond donors (Lipinski definition) is 5. The Morgan fingerprint density at radius 3 is 2.62 bits per heavy atom. The molecule has 0 bridgehead atoms. The molecule has 0 radical (unpaired) electrons. The first-order valence-electron chi connectivity index (χ1n) is 10.6. The predicted molar refractivity (Wildman–Crippen MR) is 124 cm³/mol. The Hall–Kier alpha value is -3.81. The summed E-state index contributed by atoms with van der Waals surface area (Å²) in [5.41, 5.74) is 8.52. The molecule has 32 heavy (non-hydrogen) atoms. The number of likely N-dealkylation sites (tertiary alicyclic amines) is 1. The number of aromatic amines is 1. The number of aromatic nitrogens is 1. The summed E-state index contributed by atoms with van der Waals surface area (Å²) in [7, 11) is 0. The Labute approximate surface area is 186 Å². The maximum atomic E-state index is 12.0. The van der Waals surface area contributed by atoms with Crippen molar-refractivity contribution in [3.8, 4) is 5.75 Å². The Balaban J connectivity index is 1.47. The van der Waals surface area contributed by atoms with Gasteiger partial charge in [0.15, 0.2) is 0 Å². The quantitative estimate of drug-likeness (QED) is 0.287. The summed E-state index contributed by atoms with van der Waals surface area (Å²) in [5, 5.41) is 26.1. The molecule has 0 aliphatic carbocycles. The number of ether oxygens (including phenoxy) is 1. The maximum Gasteiger partial charge on any atom is 0.311 e. The number of nitrogens with two attached hydrogens (primary N) is 1. The Bertz CT molecular complexity index is 1170. The molecule has 4 rings (SSSR count). The largest absolute Gasteiger partial charge is 0.489 e. The third-order valence-electron chi connectivity index (χ3n) is 5.92. The van der Waals surface area contributed by atoms with Gasteiger partial charge in [-0.05, 0) is 42.1 Å². The normalized spacial score (nSPS) is 16.8. The predicted octanol–water partition coefficient (Wildman–Crippen LogP) is 3.31. The zero-order chi connectivity index (χ0) is 22.8. The molecular weight excluding hydrogens is 406 g/mol. The molecule has 1 aromatic heterocycles. The highest BCUT2D eigenvalue weighted by molar-refractivity contribution is 5.98. The maximum absolute atomic E-state index is 12.0. The van der Waals surface area contributed by atoms with Crippen LogP contribution in [0.3, 0.4) is 0 Å². The second-order valence-corrected chi connectivity index (χ2v) is 8.23. The molecule has 6 N–H and O–H groups in total. The van der Waals surface area contributed by atoms with Gasteiger partial charge in [0.1, 0.15) is 17.7 Å². The molecule has 2 atom stereocenters. The van der Waals surface area contributed by atoms with Crippen LogP contribution in [0.2, 0.25) is 0 Å². The van der Waals surface area contributed by atoms with E-state index in [1.165, 1.54) is 0 Å². The average Bonchev–Trinajstić information content (AvgIpc) is 3.38. The summed E-state index contributed by atoms with van der Waals surface area (Å²) >= 11 is 0. The van der Waals surface area contributed by atoms with Crippen molar-refractivity contribution >= 4 is 28.5 Å². The van der Waals surface area contributed by atoms with Gasteiger partial charge in [-0.25, -0.2) is 0 Å². The lowest BCUT2D eigenvalue weighted by molar-refractivity contribution is -0.138. The molecule has 1 fully saturated rings. The van der Waals surface area contributed by atoms with Crippen LogP contribution in [0, 0.1) is 10.8 Å². The van der Waals surface area contributed by atoms with Gasteiger partial charge in [-0.1, -0.05) is 24.3 Å². The molecule has 1 saturated heterocycles. The lowest BCUT2D eigenvalue weighted by Gasteiger charge is -2.18. The Morgan fingerprint density at radius 2 is 2.00 bits per heavy atom. The third-order valence-corrected chi connectivity index (χ3v) is 5.92. The summed E-state index contributed by atoms with van der Waals surface area (Å²) < 4.78 is 6.02. The number of carbonyl (C=O) groups is 1. The summed E-state index contributed by atoms with van der Waals surface area (Å²) in [4.78, 5) is 17.3. The molecule has 8 nitrogen and oxygen atoms in total. The van der Waals surface area contributed by atoms with Crippen LogP contribution in [0.4, 0.5) is 0 Å². The van der Waals surface area contributed by atoms with Crippen LogP contribution < -0.4 is 10.5 Å². The first-order valence-corrected chi connectivity index (χ1v) is 10.6. The van der Waals surface area contributed by atoms with Crippen LogP contribution in [0.1, 0.15) is 36.1 Å². The number of H-pyrrole nitrogens is 1. The number of carboxylic acid groups (broad SMARTS) is 1. The standard InChI is InChI=1S/C24H27N5O3/c1-14(25)29-9-8-20(13-29)32-19-6-4-15(5-7-19)21(24(30)31)12-18-10-16-2-3-17(23(26)27)11-22(16)28-18/h2-7,10-11,20-21,25,28H,8-9,12-13H2,1H3,(H3,26,27)(H,30,31)/t20-,21?/m1/s1. The van der Waals surface area contributed by atoms with Crippen LogP contribution in [0.15, 0.2) is 48.5 Å². The molecule has 0 spiro atoms. The van der Waals surface area contributed by atoms with E-state index in [9.17, 15) is 9.90 Å². The minimum atomic E-state index is -0.894. The molecule has 3 aromatic rings. The van der Waals surface area contributed by atoms with Gasteiger partial charge in [-0.15, -0.1) is 0 Å². The van der Waals surface area contributed by atoms with Gasteiger partial charge in [-0.2, -0.15) is 0 Å². The van der Waals surface area contributed by atoms with Crippen LogP contribution in [0.5, 0.6) is 5.75 Å².